The lowest BCUT2D eigenvalue weighted by molar-refractivity contribution is 0.332. The third-order valence-corrected chi connectivity index (χ3v) is 17.8. The molecule has 1 aromatic heterocycles. The second kappa shape index (κ2) is 12.8. The van der Waals surface area contributed by atoms with Crippen LogP contribution >= 0.6 is 0 Å². The molecule has 10 rings (SSSR count). The van der Waals surface area contributed by atoms with Crippen LogP contribution in [0.4, 0.5) is 34.1 Å². The van der Waals surface area contributed by atoms with Gasteiger partial charge >= 0.3 is 0 Å². The molecule has 0 saturated carbocycles. The Morgan fingerprint density at radius 3 is 1.70 bits per heavy atom. The molecule has 0 N–H and O–H groups in total. The first-order chi connectivity index (χ1) is 28.4. The molecule has 61 heavy (non-hydrogen) atoms. The minimum Gasteiger partial charge on any atom is -0.468 e. The van der Waals surface area contributed by atoms with E-state index in [9.17, 15) is 0 Å². The molecule has 3 heterocycles. The van der Waals surface area contributed by atoms with Gasteiger partial charge in [0.05, 0.1) is 19.4 Å². The van der Waals surface area contributed by atoms with Crippen LogP contribution in [-0.4, -0.2) is 14.8 Å². The van der Waals surface area contributed by atoms with E-state index in [0.717, 1.165) is 11.2 Å². The smallest absolute Gasteiger partial charge is 0.297 e. The zero-order valence-corrected chi connectivity index (χ0v) is 40.8. The highest BCUT2D eigenvalue weighted by molar-refractivity contribution is 7.00. The van der Waals surface area contributed by atoms with E-state index in [-0.39, 0.29) is 33.8 Å². The molecule has 5 heteroatoms. The number of furan rings is 1. The number of aryl methyl sites for hydroxylation is 1. The molecule has 0 atom stereocenters. The van der Waals surface area contributed by atoms with Crippen molar-refractivity contribution in [2.24, 2.45) is 0 Å². The fourth-order valence-electron chi connectivity index (χ4n) is 11.5. The van der Waals surface area contributed by atoms with E-state index >= 15 is 0 Å². The van der Waals surface area contributed by atoms with Crippen LogP contribution < -0.4 is 31.6 Å². The molecule has 314 valence electrons. The molecule has 6 aromatic rings. The standard InChI is InChI=1S/C56H67BN2OSi/c1-34-28-46-49-47(29-34)59(37-19-22-40-41(31-37)54(7,8)25-24-53(40,5)6)50-39-32-42-43(56(11,12)27-26-55(42,9)10)33-48(39)60-51(50)57(49)44-30-35(52(2,3)4)16-23-45(44)58(46)36-17-20-38(21-18-36)61(13,14)15/h16-23,28-33H,24-27H2,1-15H3. The van der Waals surface area contributed by atoms with Crippen molar-refractivity contribution in [1.29, 1.82) is 0 Å². The molecule has 0 radical (unpaired) electrons. The Labute approximate surface area is 368 Å². The van der Waals surface area contributed by atoms with Crippen LogP contribution in [0.15, 0.2) is 89.3 Å². The number of fused-ring (bicyclic) bond motifs is 8. The van der Waals surface area contributed by atoms with Crippen LogP contribution in [0.3, 0.4) is 0 Å². The molecule has 0 unspecified atom stereocenters. The van der Waals surface area contributed by atoms with E-state index in [1.54, 1.807) is 0 Å². The third-order valence-electron chi connectivity index (χ3n) is 15.7. The van der Waals surface area contributed by atoms with Gasteiger partial charge in [-0.3, -0.25) is 0 Å². The van der Waals surface area contributed by atoms with Crippen molar-refractivity contribution in [3.05, 3.63) is 118 Å². The van der Waals surface area contributed by atoms with Crippen LogP contribution in [0.5, 0.6) is 0 Å². The lowest BCUT2D eigenvalue weighted by Crippen LogP contribution is -2.61. The third kappa shape index (κ3) is 6.10. The topological polar surface area (TPSA) is 19.6 Å². The minimum absolute atomic E-state index is 0.0213. The van der Waals surface area contributed by atoms with E-state index in [2.05, 4.69) is 197 Å². The Kier molecular flexibility index (Phi) is 8.52. The zero-order chi connectivity index (χ0) is 43.6. The highest BCUT2D eigenvalue weighted by Gasteiger charge is 2.49. The molecule has 0 amide bonds. The van der Waals surface area contributed by atoms with Gasteiger partial charge in [0.25, 0.3) is 6.71 Å². The highest BCUT2D eigenvalue weighted by Crippen LogP contribution is 2.53. The summed E-state index contributed by atoms with van der Waals surface area (Å²) in [5.41, 5.74) is 20.9. The van der Waals surface area contributed by atoms with Crippen LogP contribution in [-0.2, 0) is 27.1 Å². The van der Waals surface area contributed by atoms with Crippen molar-refractivity contribution in [3.63, 3.8) is 0 Å². The first kappa shape index (κ1) is 40.6. The van der Waals surface area contributed by atoms with E-state index < -0.39 is 8.07 Å². The lowest BCUT2D eigenvalue weighted by atomic mass is 9.35. The summed E-state index contributed by atoms with van der Waals surface area (Å²) in [6.07, 6.45) is 4.71. The summed E-state index contributed by atoms with van der Waals surface area (Å²) in [6, 6.07) is 34.2. The van der Waals surface area contributed by atoms with Crippen molar-refractivity contribution >= 4 is 81.7 Å². The predicted molar refractivity (Wildman–Crippen MR) is 267 cm³/mol. The first-order valence-corrected chi connectivity index (χ1v) is 26.6. The van der Waals surface area contributed by atoms with Gasteiger partial charge in [-0.15, -0.1) is 0 Å². The van der Waals surface area contributed by atoms with Crippen molar-refractivity contribution in [3.8, 4) is 0 Å². The normalized spacial score (nSPS) is 19.2. The minimum atomic E-state index is -1.50. The zero-order valence-electron chi connectivity index (χ0n) is 39.8. The van der Waals surface area contributed by atoms with Crippen molar-refractivity contribution in [1.82, 2.24) is 0 Å². The van der Waals surface area contributed by atoms with Gasteiger partial charge in [0.1, 0.15) is 5.58 Å². The Balaban J connectivity index is 1.33. The summed E-state index contributed by atoms with van der Waals surface area (Å²) in [6.45, 7) is 36.1. The lowest BCUT2D eigenvalue weighted by Gasteiger charge is -2.45. The molecule has 2 aliphatic carbocycles. The number of hydrogen-bond donors (Lipinski definition) is 0. The Hall–Kier alpha value is -4.48. The summed E-state index contributed by atoms with van der Waals surface area (Å²) < 4.78 is 7.56. The van der Waals surface area contributed by atoms with Crippen LogP contribution in [0, 0.1) is 6.92 Å². The summed E-state index contributed by atoms with van der Waals surface area (Å²) in [5.74, 6) is 0. The average Bonchev–Trinajstić information content (AvgIpc) is 3.55. The molecule has 2 aliphatic heterocycles. The van der Waals surface area contributed by atoms with Gasteiger partial charge in [0.2, 0.25) is 0 Å². The molecule has 3 nitrogen and oxygen atoms in total. The average molecular weight is 823 g/mol. The van der Waals surface area contributed by atoms with Gasteiger partial charge in [-0.1, -0.05) is 131 Å². The van der Waals surface area contributed by atoms with Crippen LogP contribution in [0.1, 0.15) is 135 Å². The molecular formula is C56H67BN2OSi. The van der Waals surface area contributed by atoms with Crippen molar-refractivity contribution in [2.75, 3.05) is 9.80 Å². The van der Waals surface area contributed by atoms with E-state index in [1.165, 1.54) is 115 Å². The summed E-state index contributed by atoms with van der Waals surface area (Å²) in [4.78, 5) is 5.19. The fraction of sp³-hybridized carbons (Fsp3) is 0.429. The molecule has 5 aromatic carbocycles. The van der Waals surface area contributed by atoms with Gasteiger partial charge in [0, 0.05) is 33.8 Å². The molecular weight excluding hydrogens is 756 g/mol. The SMILES string of the molecule is Cc1cc2c3c(c1)N(c1ccc4c(c1)C(C)(C)CCC4(C)C)c1c(oc4cc5c(cc14)C(C)(C)CCC5(C)C)B3c1cc(C(C)(C)C)ccc1N2c1ccc([Si](C)(C)C)cc1. The summed E-state index contributed by atoms with van der Waals surface area (Å²) in [5, 5.41) is 2.70. The number of rotatable bonds is 3. The van der Waals surface area contributed by atoms with E-state index in [0.29, 0.717) is 0 Å². The van der Waals surface area contributed by atoms with Crippen molar-refractivity contribution < 1.29 is 4.42 Å². The monoisotopic (exact) mass is 823 g/mol. The maximum absolute atomic E-state index is 7.56. The first-order valence-electron chi connectivity index (χ1n) is 23.1. The summed E-state index contributed by atoms with van der Waals surface area (Å²) >= 11 is 0. The second-order valence-electron chi connectivity index (χ2n) is 24.1. The maximum atomic E-state index is 7.56. The number of nitrogens with zero attached hydrogens (tertiary/aromatic N) is 2. The molecule has 4 aliphatic rings. The van der Waals surface area contributed by atoms with E-state index in [1.807, 2.05) is 0 Å². The van der Waals surface area contributed by atoms with Gasteiger partial charge in [-0.25, -0.2) is 0 Å². The van der Waals surface area contributed by atoms with Crippen LogP contribution in [0.25, 0.3) is 11.0 Å². The molecule has 0 fully saturated rings. The second-order valence-corrected chi connectivity index (χ2v) is 29.2. The largest absolute Gasteiger partial charge is 0.468 e. The molecule has 0 saturated heterocycles. The number of benzene rings is 5. The predicted octanol–water partition coefficient (Wildman–Crippen LogP) is 13.4. The fourth-order valence-corrected chi connectivity index (χ4v) is 12.7. The quantitative estimate of drug-likeness (QED) is 0.166. The van der Waals surface area contributed by atoms with Gasteiger partial charge in [-0.05, 0) is 159 Å². The van der Waals surface area contributed by atoms with Crippen molar-refractivity contribution in [2.45, 2.75) is 155 Å². The van der Waals surface area contributed by atoms with Crippen LogP contribution in [0.2, 0.25) is 19.6 Å². The van der Waals surface area contributed by atoms with Gasteiger partial charge < -0.3 is 14.2 Å². The van der Waals surface area contributed by atoms with E-state index in [4.69, 9.17) is 4.42 Å². The highest BCUT2D eigenvalue weighted by atomic mass is 28.3. The van der Waals surface area contributed by atoms with Gasteiger partial charge in [-0.2, -0.15) is 0 Å². The molecule has 0 spiro atoms. The van der Waals surface area contributed by atoms with Gasteiger partial charge in [0.15, 0.2) is 0 Å². The maximum Gasteiger partial charge on any atom is 0.297 e. The number of hydrogen-bond acceptors (Lipinski definition) is 3. The summed E-state index contributed by atoms with van der Waals surface area (Å²) in [7, 11) is -1.50. The Bertz CT molecular complexity index is 2810. The Morgan fingerprint density at radius 1 is 0.574 bits per heavy atom. The Morgan fingerprint density at radius 2 is 1.11 bits per heavy atom. The molecule has 0 bridgehead atoms. The number of anilines is 6.